The summed E-state index contributed by atoms with van der Waals surface area (Å²) in [5.41, 5.74) is 2.79. The summed E-state index contributed by atoms with van der Waals surface area (Å²) in [4.78, 5) is 16.3. The number of rotatable bonds is 5. The van der Waals surface area contributed by atoms with Gasteiger partial charge in [0.15, 0.2) is 5.65 Å². The third kappa shape index (κ3) is 3.95. The summed E-state index contributed by atoms with van der Waals surface area (Å²) in [5, 5.41) is 4.51. The Labute approximate surface area is 201 Å². The Kier molecular flexibility index (Phi) is 5.28. The van der Waals surface area contributed by atoms with Crippen LogP contribution in [-0.4, -0.2) is 50.0 Å². The van der Waals surface area contributed by atoms with Crippen molar-refractivity contribution < 1.29 is 13.5 Å². The van der Waals surface area contributed by atoms with Crippen molar-refractivity contribution in [2.75, 3.05) is 25.6 Å². The molecule has 2 aliphatic rings. The molecule has 0 N–H and O–H groups in total. The second-order valence-corrected chi connectivity index (χ2v) is 9.66. The molecule has 0 amide bonds. The minimum atomic E-state index is -0.666. The number of hydrogen-bond acceptors (Lipinski definition) is 6. The van der Waals surface area contributed by atoms with Crippen LogP contribution in [0, 0.1) is 11.6 Å². The number of benzene rings is 1. The lowest BCUT2D eigenvalue weighted by Gasteiger charge is -2.28. The molecule has 4 aromatic rings. The van der Waals surface area contributed by atoms with Gasteiger partial charge in [0, 0.05) is 57.1 Å². The number of nitrogens with zero attached hydrogens (tertiary/aromatic N) is 7. The molecule has 182 valence electrons. The van der Waals surface area contributed by atoms with Gasteiger partial charge in [0.05, 0.1) is 18.3 Å². The maximum atomic E-state index is 14.9. The van der Waals surface area contributed by atoms with Gasteiger partial charge in [-0.1, -0.05) is 0 Å². The number of ether oxygens (including phenoxy) is 1. The SMILES string of the molecule is CN(C)c1nc2nc(C3CCO[C@@H](c4cnn(C5CC5)c4)C3)nc(-c3ccc(F)cc3F)c2n1C. The molecule has 2 fully saturated rings. The highest BCUT2D eigenvalue weighted by molar-refractivity contribution is 5.89. The van der Waals surface area contributed by atoms with E-state index in [4.69, 9.17) is 19.7 Å². The quantitative estimate of drug-likeness (QED) is 0.418. The lowest BCUT2D eigenvalue weighted by atomic mass is 9.92. The topological polar surface area (TPSA) is 73.9 Å². The van der Waals surface area contributed by atoms with Crippen molar-refractivity contribution in [3.05, 3.63) is 53.6 Å². The van der Waals surface area contributed by atoms with Gasteiger partial charge < -0.3 is 14.2 Å². The van der Waals surface area contributed by atoms with Crippen molar-refractivity contribution in [2.45, 2.75) is 43.7 Å². The minimum Gasteiger partial charge on any atom is -0.373 e. The summed E-state index contributed by atoms with van der Waals surface area (Å²) in [5.74, 6) is -0.0137. The fourth-order valence-electron chi connectivity index (χ4n) is 4.89. The molecule has 6 rings (SSSR count). The van der Waals surface area contributed by atoms with Gasteiger partial charge in [0.1, 0.15) is 28.7 Å². The van der Waals surface area contributed by atoms with E-state index in [1.807, 2.05) is 41.5 Å². The van der Waals surface area contributed by atoms with Crippen LogP contribution in [-0.2, 0) is 11.8 Å². The van der Waals surface area contributed by atoms with Gasteiger partial charge in [-0.25, -0.2) is 18.7 Å². The van der Waals surface area contributed by atoms with Crippen LogP contribution < -0.4 is 4.90 Å². The number of hydrogen-bond donors (Lipinski definition) is 0. The molecular formula is C25H27F2N7O. The Balaban J connectivity index is 1.42. The number of anilines is 1. The van der Waals surface area contributed by atoms with Crippen LogP contribution >= 0.6 is 0 Å². The highest BCUT2D eigenvalue weighted by Crippen LogP contribution is 2.40. The Morgan fingerprint density at radius 3 is 2.66 bits per heavy atom. The summed E-state index contributed by atoms with van der Waals surface area (Å²) < 4.78 is 38.5. The molecule has 0 spiro atoms. The van der Waals surface area contributed by atoms with Gasteiger partial charge in [-0.2, -0.15) is 10.1 Å². The summed E-state index contributed by atoms with van der Waals surface area (Å²) in [6, 6.07) is 4.07. The molecule has 1 aromatic carbocycles. The van der Waals surface area contributed by atoms with E-state index in [9.17, 15) is 8.78 Å². The fourth-order valence-corrected chi connectivity index (χ4v) is 4.89. The van der Waals surface area contributed by atoms with Crippen molar-refractivity contribution in [1.82, 2.24) is 29.3 Å². The summed E-state index contributed by atoms with van der Waals surface area (Å²) >= 11 is 0. The Morgan fingerprint density at radius 2 is 1.91 bits per heavy atom. The molecule has 2 atom stereocenters. The maximum Gasteiger partial charge on any atom is 0.207 e. The van der Waals surface area contributed by atoms with E-state index in [1.54, 1.807) is 0 Å². The molecule has 10 heteroatoms. The lowest BCUT2D eigenvalue weighted by Crippen LogP contribution is -2.20. The van der Waals surface area contributed by atoms with Crippen molar-refractivity contribution in [2.24, 2.45) is 7.05 Å². The van der Waals surface area contributed by atoms with Crippen LogP contribution in [0.4, 0.5) is 14.7 Å². The second-order valence-electron chi connectivity index (χ2n) is 9.66. The monoisotopic (exact) mass is 479 g/mol. The second kappa shape index (κ2) is 8.37. The average molecular weight is 480 g/mol. The largest absolute Gasteiger partial charge is 0.373 e. The third-order valence-electron chi connectivity index (χ3n) is 6.87. The number of aryl methyl sites for hydroxylation is 1. The Morgan fingerprint density at radius 1 is 1.09 bits per heavy atom. The van der Waals surface area contributed by atoms with Crippen molar-refractivity contribution >= 4 is 17.1 Å². The van der Waals surface area contributed by atoms with E-state index in [0.717, 1.165) is 18.1 Å². The fraction of sp³-hybridized carbons (Fsp3) is 0.440. The smallest absolute Gasteiger partial charge is 0.207 e. The third-order valence-corrected chi connectivity index (χ3v) is 6.87. The van der Waals surface area contributed by atoms with Gasteiger partial charge in [0.2, 0.25) is 5.95 Å². The Bertz CT molecular complexity index is 1410. The van der Waals surface area contributed by atoms with E-state index in [0.29, 0.717) is 47.7 Å². The lowest BCUT2D eigenvalue weighted by molar-refractivity contribution is 0.00396. The molecule has 1 saturated heterocycles. The highest BCUT2D eigenvalue weighted by atomic mass is 19.1. The maximum absolute atomic E-state index is 14.9. The molecule has 8 nitrogen and oxygen atoms in total. The minimum absolute atomic E-state index is 0.00879. The van der Waals surface area contributed by atoms with Gasteiger partial charge in [-0.3, -0.25) is 4.68 Å². The number of fused-ring (bicyclic) bond motifs is 1. The van der Waals surface area contributed by atoms with Crippen LogP contribution in [0.3, 0.4) is 0 Å². The first-order chi connectivity index (χ1) is 16.9. The zero-order valence-electron chi connectivity index (χ0n) is 19.9. The van der Waals surface area contributed by atoms with E-state index in [1.165, 1.54) is 25.0 Å². The predicted molar refractivity (Wildman–Crippen MR) is 127 cm³/mol. The first kappa shape index (κ1) is 22.1. The first-order valence-corrected chi connectivity index (χ1v) is 11.9. The number of halogens is 2. The Hall–Kier alpha value is -3.40. The van der Waals surface area contributed by atoms with Gasteiger partial charge >= 0.3 is 0 Å². The number of aromatic nitrogens is 6. The van der Waals surface area contributed by atoms with Crippen molar-refractivity contribution in [3.8, 4) is 11.3 Å². The van der Waals surface area contributed by atoms with E-state index in [2.05, 4.69) is 11.3 Å². The summed E-state index contributed by atoms with van der Waals surface area (Å²) in [6.07, 6.45) is 7.65. The molecule has 3 aromatic heterocycles. The summed E-state index contributed by atoms with van der Waals surface area (Å²) in [6.45, 7) is 0.566. The molecule has 35 heavy (non-hydrogen) atoms. The molecule has 0 bridgehead atoms. The normalized spacial score (nSPS) is 20.5. The van der Waals surface area contributed by atoms with Crippen LogP contribution in [0.1, 0.15) is 55.1 Å². The molecule has 1 unspecified atom stereocenters. The van der Waals surface area contributed by atoms with E-state index in [-0.39, 0.29) is 17.6 Å². The van der Waals surface area contributed by atoms with Crippen LogP contribution in [0.25, 0.3) is 22.4 Å². The van der Waals surface area contributed by atoms with Gasteiger partial charge in [0.25, 0.3) is 0 Å². The summed E-state index contributed by atoms with van der Waals surface area (Å²) in [7, 11) is 5.62. The van der Waals surface area contributed by atoms with Crippen molar-refractivity contribution in [3.63, 3.8) is 0 Å². The van der Waals surface area contributed by atoms with E-state index < -0.39 is 11.6 Å². The molecule has 1 saturated carbocycles. The molecular weight excluding hydrogens is 452 g/mol. The molecule has 1 aliphatic heterocycles. The molecule has 1 aliphatic carbocycles. The zero-order chi connectivity index (χ0) is 24.3. The zero-order valence-corrected chi connectivity index (χ0v) is 19.9. The predicted octanol–water partition coefficient (Wildman–Crippen LogP) is 4.54. The van der Waals surface area contributed by atoms with Crippen LogP contribution in [0.15, 0.2) is 30.6 Å². The van der Waals surface area contributed by atoms with Crippen LogP contribution in [0.2, 0.25) is 0 Å². The van der Waals surface area contributed by atoms with Crippen LogP contribution in [0.5, 0.6) is 0 Å². The van der Waals surface area contributed by atoms with Gasteiger partial charge in [-0.05, 0) is 37.8 Å². The number of imidazole rings is 1. The van der Waals surface area contributed by atoms with Gasteiger partial charge in [-0.15, -0.1) is 0 Å². The average Bonchev–Trinajstić information content (AvgIpc) is 3.47. The van der Waals surface area contributed by atoms with E-state index >= 15 is 0 Å². The molecule has 4 heterocycles. The standard InChI is InChI=1S/C25H27F2N7O/c1-32(2)25-31-24-22(33(25)3)21(18-7-4-16(26)11-19(18)27)29-23(30-24)14-8-9-35-20(10-14)15-12-28-34(13-15)17-5-6-17/h4,7,11-14,17,20H,5-6,8-10H2,1-3H3/t14?,20-/m1/s1. The first-order valence-electron chi connectivity index (χ1n) is 11.9. The molecule has 0 radical (unpaired) electrons. The highest BCUT2D eigenvalue weighted by Gasteiger charge is 2.31. The van der Waals surface area contributed by atoms with Crippen molar-refractivity contribution in [1.29, 1.82) is 0 Å².